The Morgan fingerprint density at radius 2 is 2.00 bits per heavy atom. The molecule has 3 nitrogen and oxygen atoms in total. The van der Waals surface area contributed by atoms with E-state index in [1.54, 1.807) is 0 Å². The van der Waals surface area contributed by atoms with Crippen LogP contribution in [0.5, 0.6) is 0 Å². The summed E-state index contributed by atoms with van der Waals surface area (Å²) in [4.78, 5) is 2.40. The number of hydrogen-bond donors (Lipinski definition) is 2. The van der Waals surface area contributed by atoms with Gasteiger partial charge in [-0.25, -0.2) is 0 Å². The van der Waals surface area contributed by atoms with E-state index in [0.29, 0.717) is 0 Å². The lowest BCUT2D eigenvalue weighted by Gasteiger charge is -2.29. The van der Waals surface area contributed by atoms with Gasteiger partial charge in [0.25, 0.3) is 0 Å². The lowest BCUT2D eigenvalue weighted by Crippen LogP contribution is -2.34. The van der Waals surface area contributed by atoms with Crippen LogP contribution in [0, 0.1) is 5.92 Å². The zero-order valence-corrected chi connectivity index (χ0v) is 11.2. The molecule has 0 unspecified atom stereocenters. The smallest absolute Gasteiger partial charge is 0.0681 e. The molecule has 0 saturated carbocycles. The summed E-state index contributed by atoms with van der Waals surface area (Å²) in [6.45, 7) is 4.60. The van der Waals surface area contributed by atoms with E-state index in [-0.39, 0.29) is 6.61 Å². The standard InChI is InChI=1S/C15H24N2O/c1-17-7-5-13(6-8-17)10-16-11-14-3-2-4-15(9-14)12-18/h2-4,9,13,16,18H,5-8,10-12H2,1H3. The van der Waals surface area contributed by atoms with E-state index in [1.165, 1.54) is 31.5 Å². The van der Waals surface area contributed by atoms with Crippen LogP contribution in [0.2, 0.25) is 0 Å². The topological polar surface area (TPSA) is 35.5 Å². The Bertz CT molecular complexity index is 359. The summed E-state index contributed by atoms with van der Waals surface area (Å²) in [6, 6.07) is 8.15. The Hall–Kier alpha value is -0.900. The van der Waals surface area contributed by atoms with Gasteiger partial charge in [0, 0.05) is 6.54 Å². The fourth-order valence-electron chi connectivity index (χ4n) is 2.52. The molecule has 1 saturated heterocycles. The van der Waals surface area contributed by atoms with E-state index in [2.05, 4.69) is 29.4 Å². The summed E-state index contributed by atoms with van der Waals surface area (Å²) in [5.41, 5.74) is 2.25. The molecule has 1 fully saturated rings. The maximum Gasteiger partial charge on any atom is 0.0681 e. The summed E-state index contributed by atoms with van der Waals surface area (Å²) in [6.07, 6.45) is 2.61. The van der Waals surface area contributed by atoms with E-state index in [4.69, 9.17) is 5.11 Å². The van der Waals surface area contributed by atoms with Crippen molar-refractivity contribution in [2.24, 2.45) is 5.92 Å². The Labute approximate surface area is 110 Å². The van der Waals surface area contributed by atoms with Crippen LogP contribution < -0.4 is 5.32 Å². The molecule has 0 bridgehead atoms. The van der Waals surface area contributed by atoms with Gasteiger partial charge in [-0.15, -0.1) is 0 Å². The largest absolute Gasteiger partial charge is 0.392 e. The van der Waals surface area contributed by atoms with Gasteiger partial charge in [0.1, 0.15) is 0 Å². The monoisotopic (exact) mass is 248 g/mol. The van der Waals surface area contributed by atoms with Crippen molar-refractivity contribution in [2.45, 2.75) is 26.0 Å². The third kappa shape index (κ3) is 4.09. The van der Waals surface area contributed by atoms with E-state index in [1.807, 2.05) is 12.1 Å². The van der Waals surface area contributed by atoms with Crippen molar-refractivity contribution in [2.75, 3.05) is 26.7 Å². The fraction of sp³-hybridized carbons (Fsp3) is 0.600. The van der Waals surface area contributed by atoms with Crippen molar-refractivity contribution in [3.05, 3.63) is 35.4 Å². The Morgan fingerprint density at radius 1 is 1.28 bits per heavy atom. The Morgan fingerprint density at radius 3 is 2.72 bits per heavy atom. The molecule has 1 aliphatic rings. The number of rotatable bonds is 5. The summed E-state index contributed by atoms with van der Waals surface area (Å²) < 4.78 is 0. The number of piperidine rings is 1. The number of nitrogens with one attached hydrogen (secondary N) is 1. The number of aliphatic hydroxyl groups excluding tert-OH is 1. The summed E-state index contributed by atoms with van der Waals surface area (Å²) in [7, 11) is 2.20. The molecule has 2 rings (SSSR count). The van der Waals surface area contributed by atoms with Gasteiger partial charge in [-0.2, -0.15) is 0 Å². The average molecular weight is 248 g/mol. The Kier molecular flexibility index (Phi) is 5.17. The van der Waals surface area contributed by atoms with Gasteiger partial charge in [-0.3, -0.25) is 0 Å². The summed E-state index contributed by atoms with van der Waals surface area (Å²) in [5, 5.41) is 12.6. The minimum absolute atomic E-state index is 0.128. The second-order valence-corrected chi connectivity index (χ2v) is 5.36. The molecule has 1 heterocycles. The van der Waals surface area contributed by atoms with Gasteiger partial charge >= 0.3 is 0 Å². The van der Waals surface area contributed by atoms with Crippen LogP contribution in [0.4, 0.5) is 0 Å². The van der Waals surface area contributed by atoms with Crippen molar-refractivity contribution in [1.29, 1.82) is 0 Å². The first-order chi connectivity index (χ1) is 8.78. The van der Waals surface area contributed by atoms with E-state index >= 15 is 0 Å². The van der Waals surface area contributed by atoms with Gasteiger partial charge in [0.15, 0.2) is 0 Å². The molecule has 1 aromatic carbocycles. The highest BCUT2D eigenvalue weighted by Gasteiger charge is 2.15. The van der Waals surface area contributed by atoms with Crippen LogP contribution in [-0.4, -0.2) is 36.7 Å². The first kappa shape index (κ1) is 13.5. The maximum atomic E-state index is 9.09. The molecular formula is C15H24N2O. The van der Waals surface area contributed by atoms with Gasteiger partial charge in [0.05, 0.1) is 6.61 Å². The van der Waals surface area contributed by atoms with Gasteiger partial charge in [-0.1, -0.05) is 24.3 Å². The first-order valence-corrected chi connectivity index (χ1v) is 6.86. The molecule has 3 heteroatoms. The minimum Gasteiger partial charge on any atom is -0.392 e. The highest BCUT2D eigenvalue weighted by atomic mass is 16.3. The first-order valence-electron chi connectivity index (χ1n) is 6.86. The van der Waals surface area contributed by atoms with Crippen LogP contribution in [0.25, 0.3) is 0 Å². The third-order valence-corrected chi connectivity index (χ3v) is 3.77. The minimum atomic E-state index is 0.128. The molecule has 18 heavy (non-hydrogen) atoms. The van der Waals surface area contributed by atoms with Crippen LogP contribution >= 0.6 is 0 Å². The van der Waals surface area contributed by atoms with Crippen LogP contribution in [0.3, 0.4) is 0 Å². The summed E-state index contributed by atoms with van der Waals surface area (Å²) >= 11 is 0. The lowest BCUT2D eigenvalue weighted by atomic mass is 9.97. The average Bonchev–Trinajstić information content (AvgIpc) is 2.41. The zero-order valence-electron chi connectivity index (χ0n) is 11.2. The molecule has 100 valence electrons. The predicted octanol–water partition coefficient (Wildman–Crippen LogP) is 1.61. The number of nitrogens with zero attached hydrogens (tertiary/aromatic N) is 1. The molecule has 0 atom stereocenters. The zero-order chi connectivity index (χ0) is 12.8. The van der Waals surface area contributed by atoms with Crippen LogP contribution in [-0.2, 0) is 13.2 Å². The molecule has 0 spiro atoms. The fourth-order valence-corrected chi connectivity index (χ4v) is 2.52. The number of benzene rings is 1. The van der Waals surface area contributed by atoms with E-state index in [0.717, 1.165) is 24.6 Å². The van der Waals surface area contributed by atoms with Crippen molar-refractivity contribution < 1.29 is 5.11 Å². The van der Waals surface area contributed by atoms with E-state index in [9.17, 15) is 0 Å². The van der Waals surface area contributed by atoms with Crippen LogP contribution in [0.15, 0.2) is 24.3 Å². The summed E-state index contributed by atoms with van der Waals surface area (Å²) in [5.74, 6) is 0.822. The quantitative estimate of drug-likeness (QED) is 0.831. The number of likely N-dealkylation sites (tertiary alicyclic amines) is 1. The second-order valence-electron chi connectivity index (χ2n) is 5.36. The molecule has 0 aliphatic carbocycles. The lowest BCUT2D eigenvalue weighted by molar-refractivity contribution is 0.216. The predicted molar refractivity (Wildman–Crippen MR) is 74.3 cm³/mol. The highest BCUT2D eigenvalue weighted by Crippen LogP contribution is 2.15. The molecule has 0 radical (unpaired) electrons. The highest BCUT2D eigenvalue weighted by molar-refractivity contribution is 5.22. The molecular weight excluding hydrogens is 224 g/mol. The van der Waals surface area contributed by atoms with Crippen LogP contribution in [0.1, 0.15) is 24.0 Å². The van der Waals surface area contributed by atoms with Crippen molar-refractivity contribution in [3.63, 3.8) is 0 Å². The second kappa shape index (κ2) is 6.88. The normalized spacial score (nSPS) is 18.1. The SMILES string of the molecule is CN1CCC(CNCc2cccc(CO)c2)CC1. The van der Waals surface area contributed by atoms with Crippen molar-refractivity contribution in [3.8, 4) is 0 Å². The molecule has 0 amide bonds. The van der Waals surface area contributed by atoms with Gasteiger partial charge < -0.3 is 15.3 Å². The number of aliphatic hydroxyl groups is 1. The van der Waals surface area contributed by atoms with Crippen molar-refractivity contribution >= 4 is 0 Å². The third-order valence-electron chi connectivity index (χ3n) is 3.77. The molecule has 2 N–H and O–H groups in total. The van der Waals surface area contributed by atoms with Gasteiger partial charge in [0.2, 0.25) is 0 Å². The molecule has 0 aromatic heterocycles. The van der Waals surface area contributed by atoms with Crippen molar-refractivity contribution in [1.82, 2.24) is 10.2 Å². The maximum absolute atomic E-state index is 9.09. The Balaban J connectivity index is 1.71. The van der Waals surface area contributed by atoms with E-state index < -0.39 is 0 Å². The van der Waals surface area contributed by atoms with Gasteiger partial charge in [-0.05, 0) is 56.6 Å². The number of hydrogen-bond acceptors (Lipinski definition) is 3. The molecule has 1 aliphatic heterocycles. The molecule has 1 aromatic rings.